The van der Waals surface area contributed by atoms with Crippen LogP contribution in [0.3, 0.4) is 0 Å². The smallest absolute Gasteiger partial charge is 0.0619 e. The summed E-state index contributed by atoms with van der Waals surface area (Å²) >= 11 is 0. The van der Waals surface area contributed by atoms with Crippen molar-refractivity contribution < 1.29 is 0 Å². The molecule has 0 atom stereocenters. The molecule has 0 aliphatic heterocycles. The summed E-state index contributed by atoms with van der Waals surface area (Å²) in [7, 11) is 0. The lowest BCUT2D eigenvalue weighted by atomic mass is 9.65. The minimum atomic E-state index is -1.03. The van der Waals surface area contributed by atoms with Crippen LogP contribution in [0.25, 0.3) is 229 Å². The zero-order valence-corrected chi connectivity index (χ0v) is 71.9. The van der Waals surface area contributed by atoms with Gasteiger partial charge >= 0.3 is 0 Å². The van der Waals surface area contributed by atoms with Crippen molar-refractivity contribution in [3.8, 4) is 89.0 Å². The highest BCUT2D eigenvalue weighted by Gasteiger charge is 2.47. The first-order valence-corrected chi connectivity index (χ1v) is 46.0. The second-order valence-electron chi connectivity index (χ2n) is 36.1. The summed E-state index contributed by atoms with van der Waals surface area (Å²) < 4.78 is 0. The highest BCUT2D eigenvalue weighted by Crippen LogP contribution is 2.61. The van der Waals surface area contributed by atoms with Crippen molar-refractivity contribution in [1.82, 2.24) is 0 Å². The zero-order chi connectivity index (χ0) is 85.9. The van der Waals surface area contributed by atoms with Crippen LogP contribution in [0.5, 0.6) is 0 Å². The Labute approximate surface area is 759 Å². The summed E-state index contributed by atoms with van der Waals surface area (Å²) in [5.74, 6) is 0. The Morgan fingerprint density at radius 1 is 0.137 bits per heavy atom. The number of benzene rings is 25. The van der Waals surface area contributed by atoms with Crippen molar-refractivity contribution in [2.75, 3.05) is 0 Å². The van der Waals surface area contributed by atoms with Gasteiger partial charge in [0.25, 0.3) is 0 Å². The van der Waals surface area contributed by atoms with Gasteiger partial charge in [0.2, 0.25) is 0 Å². The first-order valence-electron chi connectivity index (χ1n) is 46.0. The van der Waals surface area contributed by atoms with Crippen LogP contribution in [0.4, 0.5) is 0 Å². The van der Waals surface area contributed by atoms with Crippen LogP contribution in [0.2, 0.25) is 0 Å². The Kier molecular flexibility index (Phi) is 16.9. The maximum Gasteiger partial charge on any atom is 0.0714 e. The van der Waals surface area contributed by atoms with E-state index < -0.39 is 5.41 Å². The van der Waals surface area contributed by atoms with Crippen LogP contribution in [0.15, 0.2) is 473 Å². The molecule has 0 nitrogen and oxygen atoms in total. The molecule has 0 saturated carbocycles. The van der Waals surface area contributed by atoms with Crippen molar-refractivity contribution in [2.45, 2.75) is 18.3 Å². The molecule has 25 aromatic rings. The fraction of sp³-hybridized carbons (Fsp3) is 0.0229. The quantitative estimate of drug-likeness (QED) is 0.113. The highest BCUT2D eigenvalue weighted by molar-refractivity contribution is 6.27. The predicted octanol–water partition coefficient (Wildman–Crippen LogP) is 33.7. The third-order valence-corrected chi connectivity index (χ3v) is 29.3. The molecule has 0 heteroatoms. The molecular formula is C131H82. The van der Waals surface area contributed by atoms with Gasteiger partial charge in [0.1, 0.15) is 0 Å². The molecule has 2 aliphatic carbocycles. The number of fused-ring (bicyclic) bond motifs is 16. The van der Waals surface area contributed by atoms with E-state index in [-0.39, 0.29) is 0 Å². The average Bonchev–Trinajstić information content (AvgIpc) is 1.57. The molecule has 27 rings (SSSR count). The Hall–Kier alpha value is -16.6. The van der Waals surface area contributed by atoms with Gasteiger partial charge in [-0.1, -0.05) is 413 Å². The Morgan fingerprint density at radius 2 is 0.344 bits per heavy atom. The average molecular weight is 1660 g/mol. The SMILES string of the molecule is c1ccc2c(c1)-c1ccccc1C2(c1cc(-c2c3ccccc3c(C3=c4ccccc4=C(c4ccc5ccccc5c4)CC3)c3ccccc23)cc(-c2c3ccccc3c(-c3ccc4ccccc4c3)c3ccccc23)c1)c1cc(-c2c3ccccc3c(-c3ccc4ccccc4c3)c3ccccc23)cc(-c2c3ccccc3c(-c3ccc4ccccc4c3)c3ccccc23)c1. The molecule has 25 aromatic carbocycles. The van der Waals surface area contributed by atoms with Gasteiger partial charge < -0.3 is 0 Å². The van der Waals surface area contributed by atoms with Crippen LogP contribution >= 0.6 is 0 Å². The molecule has 0 radical (unpaired) electrons. The summed E-state index contributed by atoms with van der Waals surface area (Å²) in [6.45, 7) is 0. The Balaban J connectivity index is 0.800. The van der Waals surface area contributed by atoms with E-state index in [1.807, 2.05) is 0 Å². The van der Waals surface area contributed by atoms with E-state index >= 15 is 0 Å². The molecule has 0 N–H and O–H groups in total. The minimum absolute atomic E-state index is 0.879. The summed E-state index contributed by atoms with van der Waals surface area (Å²) in [4.78, 5) is 0. The fourth-order valence-corrected chi connectivity index (χ4v) is 23.8. The van der Waals surface area contributed by atoms with Crippen LogP contribution in [-0.2, 0) is 5.41 Å². The lowest BCUT2D eigenvalue weighted by Crippen LogP contribution is -2.32. The van der Waals surface area contributed by atoms with Gasteiger partial charge in [-0.3, -0.25) is 0 Å². The molecule has 0 unspecified atom stereocenters. The molecule has 0 saturated heterocycles. The molecule has 0 heterocycles. The van der Waals surface area contributed by atoms with Crippen LogP contribution in [-0.4, -0.2) is 0 Å². The second-order valence-corrected chi connectivity index (χ2v) is 36.1. The molecule has 2 aliphatic rings. The predicted molar refractivity (Wildman–Crippen MR) is 558 cm³/mol. The van der Waals surface area contributed by atoms with Gasteiger partial charge in [0.15, 0.2) is 0 Å². The molecule has 0 fully saturated rings. The maximum absolute atomic E-state index is 2.66. The molecule has 0 amide bonds. The summed E-state index contributed by atoms with van der Waals surface area (Å²) in [5, 5.41) is 31.7. The van der Waals surface area contributed by atoms with E-state index in [1.54, 1.807) is 0 Å². The zero-order valence-electron chi connectivity index (χ0n) is 71.9. The topological polar surface area (TPSA) is 0 Å². The van der Waals surface area contributed by atoms with Crippen molar-refractivity contribution in [3.05, 3.63) is 517 Å². The van der Waals surface area contributed by atoms with Crippen molar-refractivity contribution in [2.24, 2.45) is 0 Å². The largest absolute Gasteiger partial charge is 0.0714 e. The van der Waals surface area contributed by atoms with E-state index in [1.165, 1.54) is 251 Å². The van der Waals surface area contributed by atoms with Crippen molar-refractivity contribution in [3.63, 3.8) is 0 Å². The number of hydrogen-bond acceptors (Lipinski definition) is 0. The minimum Gasteiger partial charge on any atom is -0.0619 e. The van der Waals surface area contributed by atoms with Gasteiger partial charge in [-0.25, -0.2) is 0 Å². The van der Waals surface area contributed by atoms with Gasteiger partial charge in [-0.2, -0.15) is 0 Å². The van der Waals surface area contributed by atoms with Crippen molar-refractivity contribution in [1.29, 1.82) is 0 Å². The highest BCUT2D eigenvalue weighted by atomic mass is 14.5. The van der Waals surface area contributed by atoms with Crippen molar-refractivity contribution >= 4 is 140 Å². The monoisotopic (exact) mass is 1650 g/mol. The molecule has 0 spiro atoms. The maximum atomic E-state index is 2.66. The lowest BCUT2D eigenvalue weighted by molar-refractivity contribution is 0.770. The fourth-order valence-electron chi connectivity index (χ4n) is 23.8. The molecule has 0 bridgehead atoms. The van der Waals surface area contributed by atoms with E-state index in [0.29, 0.717) is 0 Å². The van der Waals surface area contributed by atoms with E-state index in [9.17, 15) is 0 Å². The van der Waals surface area contributed by atoms with Gasteiger partial charge in [-0.05, 0) is 347 Å². The van der Waals surface area contributed by atoms with E-state index in [2.05, 4.69) is 473 Å². The normalized spacial score (nSPS) is 13.0. The van der Waals surface area contributed by atoms with E-state index in [4.69, 9.17) is 0 Å². The second kappa shape index (κ2) is 29.7. The van der Waals surface area contributed by atoms with Gasteiger partial charge in [0.05, 0.1) is 5.41 Å². The van der Waals surface area contributed by atoms with Crippen LogP contribution in [0.1, 0.15) is 46.2 Å². The van der Waals surface area contributed by atoms with E-state index in [0.717, 1.165) is 35.1 Å². The van der Waals surface area contributed by atoms with Crippen LogP contribution < -0.4 is 10.4 Å². The molecule has 606 valence electrons. The standard InChI is InChI=1S/C131H82/c1-5-35-85-71-89(65-61-81(85)31-1)99-69-70-120(101-40-10-9-39-100(99)101)130-118-57-25-23-55-116(118)129(117-56-24-26-58-119(117)130)96-76-95(128-114-53-21-15-47-108(114)125(109-48-16-22-54-115(109)128)92-68-64-84-34-4-8-38-88(84)74-92)79-98(80-96)131(121-59-29-27-41-102(121)103-42-28-30-60-122(103)131)97-77-93(126-110-49-17-11-43-104(110)123(105-44-12-18-50-111(105)126)90-66-62-82-32-2-6-36-86(82)72-90)75-94(78-97)127-112-51-19-13-45-106(112)124(107-46-14-20-52-113(107)127)91-67-63-83-33-3-7-37-87(83)73-91/h1-68,71-80H,69-70H2. The molecule has 131 heavy (non-hydrogen) atoms. The Morgan fingerprint density at radius 3 is 0.634 bits per heavy atom. The van der Waals surface area contributed by atoms with Gasteiger partial charge in [-0.15, -0.1) is 0 Å². The number of rotatable bonds is 11. The lowest BCUT2D eigenvalue weighted by Gasteiger charge is -2.36. The molecule has 0 aromatic heterocycles. The van der Waals surface area contributed by atoms with Crippen LogP contribution in [0, 0.1) is 0 Å². The summed E-state index contributed by atoms with van der Waals surface area (Å²) in [6, 6.07) is 182. The third-order valence-electron chi connectivity index (χ3n) is 29.3. The summed E-state index contributed by atoms with van der Waals surface area (Å²) in [6.07, 6.45) is 1.78. The first-order chi connectivity index (χ1) is 65.0. The first kappa shape index (κ1) is 74.6. The molecular weight excluding hydrogens is 1570 g/mol. The Bertz CT molecular complexity index is 8880. The third kappa shape index (κ3) is 11.5. The summed E-state index contributed by atoms with van der Waals surface area (Å²) in [5.41, 5.74) is 28.2. The number of hydrogen-bond donors (Lipinski definition) is 0. The van der Waals surface area contributed by atoms with Gasteiger partial charge in [0, 0.05) is 0 Å².